The van der Waals surface area contributed by atoms with E-state index in [-0.39, 0.29) is 5.97 Å². The number of carbonyl (C=O) groups is 1. The van der Waals surface area contributed by atoms with Gasteiger partial charge in [-0.2, -0.15) is 0 Å². The SMILES string of the molecule is CCOC(=O)c1nc2c(s1)CSc1ccccc1-2. The normalized spacial score (nSPS) is 12.7. The van der Waals surface area contributed by atoms with Crippen LogP contribution in [0.4, 0.5) is 0 Å². The fourth-order valence-electron chi connectivity index (χ4n) is 1.87. The number of thioether (sulfide) groups is 1. The molecule has 0 aliphatic carbocycles. The highest BCUT2D eigenvalue weighted by Crippen LogP contribution is 2.43. The van der Waals surface area contributed by atoms with E-state index in [0.29, 0.717) is 11.6 Å². The summed E-state index contributed by atoms with van der Waals surface area (Å²) in [5.41, 5.74) is 2.06. The minimum absolute atomic E-state index is 0.320. The van der Waals surface area contributed by atoms with Crippen LogP contribution in [0.1, 0.15) is 21.6 Å². The van der Waals surface area contributed by atoms with Gasteiger partial charge in [0.25, 0.3) is 0 Å². The Kier molecular flexibility index (Phi) is 3.09. The summed E-state index contributed by atoms with van der Waals surface area (Å²) < 4.78 is 5.00. The number of aromatic nitrogens is 1. The molecule has 0 spiro atoms. The molecular formula is C13H11NO2S2. The van der Waals surface area contributed by atoms with Crippen LogP contribution in [-0.2, 0) is 10.5 Å². The number of esters is 1. The molecule has 0 fully saturated rings. The summed E-state index contributed by atoms with van der Waals surface area (Å²) in [5.74, 6) is 0.558. The van der Waals surface area contributed by atoms with Crippen LogP contribution in [0.25, 0.3) is 11.3 Å². The second-order valence-electron chi connectivity index (χ2n) is 3.80. The van der Waals surface area contributed by atoms with E-state index in [0.717, 1.165) is 21.9 Å². The van der Waals surface area contributed by atoms with E-state index >= 15 is 0 Å². The van der Waals surface area contributed by atoms with Crippen molar-refractivity contribution in [2.24, 2.45) is 0 Å². The number of thiazole rings is 1. The summed E-state index contributed by atoms with van der Waals surface area (Å²) in [6.07, 6.45) is 0. The Morgan fingerprint density at radius 3 is 3.11 bits per heavy atom. The predicted molar refractivity (Wildman–Crippen MR) is 73.1 cm³/mol. The van der Waals surface area contributed by atoms with Gasteiger partial charge in [-0.3, -0.25) is 0 Å². The van der Waals surface area contributed by atoms with Gasteiger partial charge in [-0.25, -0.2) is 9.78 Å². The highest BCUT2D eigenvalue weighted by atomic mass is 32.2. The van der Waals surface area contributed by atoms with Crippen molar-refractivity contribution in [2.75, 3.05) is 6.61 Å². The standard InChI is InChI=1S/C13H11NO2S2/c1-2-16-13(15)12-14-11-8-5-3-4-6-9(8)17-7-10(11)18-12/h3-6H,2,7H2,1H3. The van der Waals surface area contributed by atoms with E-state index in [1.54, 1.807) is 18.7 Å². The maximum absolute atomic E-state index is 11.7. The molecule has 1 aromatic heterocycles. The van der Waals surface area contributed by atoms with Crippen molar-refractivity contribution in [1.82, 2.24) is 4.98 Å². The molecule has 0 unspecified atom stereocenters. The summed E-state index contributed by atoms with van der Waals surface area (Å²) in [6.45, 7) is 2.19. The molecule has 3 nitrogen and oxygen atoms in total. The molecule has 5 heteroatoms. The molecule has 0 bridgehead atoms. The van der Waals surface area contributed by atoms with Crippen LogP contribution in [0, 0.1) is 0 Å². The van der Waals surface area contributed by atoms with Crippen molar-refractivity contribution in [1.29, 1.82) is 0 Å². The number of rotatable bonds is 2. The molecule has 0 N–H and O–H groups in total. The molecule has 0 atom stereocenters. The molecule has 2 aromatic rings. The van der Waals surface area contributed by atoms with Crippen molar-refractivity contribution < 1.29 is 9.53 Å². The van der Waals surface area contributed by atoms with E-state index in [9.17, 15) is 4.79 Å². The lowest BCUT2D eigenvalue weighted by Gasteiger charge is -2.13. The van der Waals surface area contributed by atoms with Gasteiger partial charge in [0.15, 0.2) is 0 Å². The van der Waals surface area contributed by atoms with Crippen molar-refractivity contribution >= 4 is 29.1 Å². The molecule has 0 saturated heterocycles. The van der Waals surface area contributed by atoms with Gasteiger partial charge >= 0.3 is 5.97 Å². The highest BCUT2D eigenvalue weighted by molar-refractivity contribution is 7.98. The van der Waals surface area contributed by atoms with Crippen molar-refractivity contribution in [3.63, 3.8) is 0 Å². The zero-order valence-electron chi connectivity index (χ0n) is 9.80. The molecule has 3 rings (SSSR count). The Hall–Kier alpha value is -1.33. The second-order valence-corrected chi connectivity index (χ2v) is 5.90. The van der Waals surface area contributed by atoms with Crippen molar-refractivity contribution in [3.8, 4) is 11.3 Å². The third kappa shape index (κ3) is 1.93. The summed E-state index contributed by atoms with van der Waals surface area (Å²) >= 11 is 3.23. The monoisotopic (exact) mass is 277 g/mol. The molecule has 0 radical (unpaired) electrons. The Balaban J connectivity index is 2.04. The van der Waals surface area contributed by atoms with Gasteiger partial charge in [0.2, 0.25) is 5.01 Å². The van der Waals surface area contributed by atoms with Gasteiger partial charge in [0.05, 0.1) is 12.3 Å². The van der Waals surface area contributed by atoms with E-state index in [4.69, 9.17) is 4.74 Å². The molecular weight excluding hydrogens is 266 g/mol. The molecule has 2 heterocycles. The first-order valence-corrected chi connectivity index (χ1v) is 7.49. The number of hydrogen-bond acceptors (Lipinski definition) is 5. The lowest BCUT2D eigenvalue weighted by Crippen LogP contribution is -2.03. The minimum atomic E-state index is -0.320. The Morgan fingerprint density at radius 2 is 2.28 bits per heavy atom. The second kappa shape index (κ2) is 4.74. The molecule has 1 aliphatic heterocycles. The average molecular weight is 277 g/mol. The maximum atomic E-state index is 11.7. The van der Waals surface area contributed by atoms with E-state index < -0.39 is 0 Å². The van der Waals surface area contributed by atoms with Crippen LogP contribution in [-0.4, -0.2) is 17.6 Å². The van der Waals surface area contributed by atoms with Crippen LogP contribution in [0.2, 0.25) is 0 Å². The van der Waals surface area contributed by atoms with Crippen LogP contribution >= 0.6 is 23.1 Å². The first kappa shape index (κ1) is 11.7. The topological polar surface area (TPSA) is 39.2 Å². The maximum Gasteiger partial charge on any atom is 0.367 e. The van der Waals surface area contributed by atoms with Crippen LogP contribution < -0.4 is 0 Å². The van der Waals surface area contributed by atoms with Crippen LogP contribution in [0.15, 0.2) is 29.2 Å². The van der Waals surface area contributed by atoms with E-state index in [1.165, 1.54) is 16.2 Å². The van der Waals surface area contributed by atoms with Crippen molar-refractivity contribution in [3.05, 3.63) is 34.2 Å². The third-order valence-corrected chi connectivity index (χ3v) is 4.97. The van der Waals surface area contributed by atoms with Crippen molar-refractivity contribution in [2.45, 2.75) is 17.6 Å². The summed E-state index contributed by atoms with van der Waals surface area (Å²) in [6, 6.07) is 8.16. The van der Waals surface area contributed by atoms with Gasteiger partial charge in [0.1, 0.15) is 0 Å². The zero-order valence-corrected chi connectivity index (χ0v) is 11.4. The first-order chi connectivity index (χ1) is 8.79. The minimum Gasteiger partial charge on any atom is -0.461 e. The van der Waals surface area contributed by atoms with Gasteiger partial charge in [0, 0.05) is 21.1 Å². The average Bonchev–Trinajstić information content (AvgIpc) is 2.83. The first-order valence-electron chi connectivity index (χ1n) is 5.68. The fraction of sp³-hybridized carbons (Fsp3) is 0.231. The molecule has 18 heavy (non-hydrogen) atoms. The summed E-state index contributed by atoms with van der Waals surface area (Å²) in [4.78, 5) is 18.5. The third-order valence-electron chi connectivity index (χ3n) is 2.65. The number of nitrogens with zero attached hydrogens (tertiary/aromatic N) is 1. The van der Waals surface area contributed by atoms with Gasteiger partial charge in [-0.05, 0) is 13.0 Å². The largest absolute Gasteiger partial charge is 0.461 e. The molecule has 92 valence electrons. The van der Waals surface area contributed by atoms with Gasteiger partial charge < -0.3 is 4.74 Å². The molecule has 0 saturated carbocycles. The Labute approximate surface area is 113 Å². The number of ether oxygens (including phenoxy) is 1. The summed E-state index contributed by atoms with van der Waals surface area (Å²) in [5, 5.41) is 0.458. The fourth-order valence-corrected chi connectivity index (χ4v) is 3.97. The van der Waals surface area contributed by atoms with Crippen LogP contribution in [0.5, 0.6) is 0 Å². The van der Waals surface area contributed by atoms with E-state index in [1.807, 2.05) is 12.1 Å². The lowest BCUT2D eigenvalue weighted by molar-refractivity contribution is 0.0526. The lowest BCUT2D eigenvalue weighted by atomic mass is 10.1. The number of hydrogen-bond donors (Lipinski definition) is 0. The number of benzene rings is 1. The Morgan fingerprint density at radius 1 is 1.44 bits per heavy atom. The van der Waals surface area contributed by atoms with E-state index in [2.05, 4.69) is 17.1 Å². The number of carbonyl (C=O) groups excluding carboxylic acids is 1. The highest BCUT2D eigenvalue weighted by Gasteiger charge is 2.23. The smallest absolute Gasteiger partial charge is 0.367 e. The molecule has 1 aromatic carbocycles. The van der Waals surface area contributed by atoms with Gasteiger partial charge in [-0.1, -0.05) is 18.2 Å². The zero-order chi connectivity index (χ0) is 12.5. The summed E-state index contributed by atoms with van der Waals surface area (Å²) in [7, 11) is 0. The predicted octanol–water partition coefficient (Wildman–Crippen LogP) is 3.59. The Bertz CT molecular complexity index is 607. The quantitative estimate of drug-likeness (QED) is 0.786. The van der Waals surface area contributed by atoms with Crippen LogP contribution in [0.3, 0.4) is 0 Å². The molecule has 0 amide bonds. The van der Waals surface area contributed by atoms with Gasteiger partial charge in [-0.15, -0.1) is 23.1 Å². The molecule has 1 aliphatic rings. The number of fused-ring (bicyclic) bond motifs is 3.